The van der Waals surface area contributed by atoms with Crippen molar-refractivity contribution in [2.75, 3.05) is 13.1 Å². The summed E-state index contributed by atoms with van der Waals surface area (Å²) in [6.07, 6.45) is -3.97. The lowest BCUT2D eigenvalue weighted by molar-refractivity contribution is -0.387. The molecule has 2 aromatic carbocycles. The lowest BCUT2D eigenvalue weighted by Crippen LogP contribution is -2.39. The number of halogens is 3. The third kappa shape index (κ3) is 4.07. The number of nitro groups is 1. The van der Waals surface area contributed by atoms with Gasteiger partial charge >= 0.3 is 6.18 Å². The standard InChI is InChI=1S/C20H19F3N4O4S/c21-20(22,23)19-24-15-5-1-2-6-16(15)26(19)13-14-9-11-25(12-10-14)32(30,31)18-8-4-3-7-17(18)27(28)29/h1-8,14H,9-13H2. The van der Waals surface area contributed by atoms with Crippen molar-refractivity contribution in [3.8, 4) is 0 Å². The SMILES string of the molecule is O=[N+]([O-])c1ccccc1S(=O)(=O)N1CCC(Cn2c(C(F)(F)F)nc3ccccc32)CC1. The van der Waals surface area contributed by atoms with Gasteiger partial charge in [0.2, 0.25) is 15.8 Å². The predicted octanol–water partition coefficient (Wildman–Crippen LogP) is 4.06. The molecule has 1 aliphatic rings. The van der Waals surface area contributed by atoms with Gasteiger partial charge in [0.25, 0.3) is 5.69 Å². The zero-order valence-electron chi connectivity index (χ0n) is 16.7. The molecule has 0 N–H and O–H groups in total. The zero-order valence-corrected chi connectivity index (χ0v) is 17.5. The number of nitro benzene ring substituents is 1. The van der Waals surface area contributed by atoms with Gasteiger partial charge in [-0.3, -0.25) is 10.1 Å². The molecule has 1 saturated heterocycles. The smallest absolute Gasteiger partial charge is 0.320 e. The van der Waals surface area contributed by atoms with Crippen molar-refractivity contribution in [3.63, 3.8) is 0 Å². The number of alkyl halides is 3. The van der Waals surface area contributed by atoms with E-state index in [1.165, 1.54) is 24.3 Å². The Morgan fingerprint density at radius 1 is 1.06 bits per heavy atom. The van der Waals surface area contributed by atoms with Gasteiger partial charge in [-0.05, 0) is 37.0 Å². The first-order valence-corrected chi connectivity index (χ1v) is 11.3. The van der Waals surface area contributed by atoms with Crippen molar-refractivity contribution in [2.24, 2.45) is 5.92 Å². The van der Waals surface area contributed by atoms with Crippen LogP contribution in [0.5, 0.6) is 0 Å². The Kier molecular flexibility index (Phi) is 5.67. The monoisotopic (exact) mass is 468 g/mol. The highest BCUT2D eigenvalue weighted by Crippen LogP contribution is 2.34. The number of hydrogen-bond acceptors (Lipinski definition) is 5. The highest BCUT2D eigenvalue weighted by atomic mass is 32.2. The molecule has 1 aromatic heterocycles. The highest BCUT2D eigenvalue weighted by molar-refractivity contribution is 7.89. The molecule has 0 radical (unpaired) electrons. The Hall–Kier alpha value is -2.99. The fourth-order valence-corrected chi connectivity index (χ4v) is 5.66. The third-order valence-electron chi connectivity index (χ3n) is 5.60. The molecule has 4 rings (SSSR count). The topological polar surface area (TPSA) is 98.3 Å². The Bertz CT molecular complexity index is 1270. The Balaban J connectivity index is 1.54. The van der Waals surface area contributed by atoms with Crippen LogP contribution in [0.25, 0.3) is 11.0 Å². The van der Waals surface area contributed by atoms with Crippen LogP contribution >= 0.6 is 0 Å². The number of sulfonamides is 1. The van der Waals surface area contributed by atoms with E-state index in [4.69, 9.17) is 0 Å². The molecule has 170 valence electrons. The van der Waals surface area contributed by atoms with Crippen LogP contribution in [0, 0.1) is 16.0 Å². The Morgan fingerprint density at radius 2 is 1.69 bits per heavy atom. The van der Waals surface area contributed by atoms with Gasteiger partial charge < -0.3 is 4.57 Å². The quantitative estimate of drug-likeness (QED) is 0.415. The maximum atomic E-state index is 13.5. The average molecular weight is 468 g/mol. The molecule has 3 aromatic rings. The first-order valence-electron chi connectivity index (χ1n) is 9.85. The van der Waals surface area contributed by atoms with Crippen molar-refractivity contribution < 1.29 is 26.5 Å². The van der Waals surface area contributed by atoms with Crippen LogP contribution in [-0.4, -0.2) is 40.3 Å². The maximum absolute atomic E-state index is 13.5. The van der Waals surface area contributed by atoms with Crippen LogP contribution in [0.15, 0.2) is 53.4 Å². The highest BCUT2D eigenvalue weighted by Gasteiger charge is 2.39. The Morgan fingerprint density at radius 3 is 2.34 bits per heavy atom. The van der Waals surface area contributed by atoms with E-state index in [0.717, 1.165) is 14.9 Å². The second-order valence-corrected chi connectivity index (χ2v) is 9.51. The van der Waals surface area contributed by atoms with E-state index in [0.29, 0.717) is 18.4 Å². The van der Waals surface area contributed by atoms with Gasteiger partial charge in [0.1, 0.15) is 0 Å². The van der Waals surface area contributed by atoms with E-state index in [2.05, 4.69) is 4.98 Å². The van der Waals surface area contributed by atoms with Crippen molar-refractivity contribution in [2.45, 2.75) is 30.5 Å². The van der Waals surface area contributed by atoms with Gasteiger partial charge in [-0.1, -0.05) is 24.3 Å². The van der Waals surface area contributed by atoms with Crippen molar-refractivity contribution >= 4 is 26.7 Å². The molecule has 0 aliphatic carbocycles. The lowest BCUT2D eigenvalue weighted by Gasteiger charge is -2.31. The van der Waals surface area contributed by atoms with Gasteiger partial charge in [0.15, 0.2) is 4.90 Å². The summed E-state index contributed by atoms with van der Waals surface area (Å²) in [6, 6.07) is 11.5. The summed E-state index contributed by atoms with van der Waals surface area (Å²) < 4.78 is 68.8. The molecule has 0 spiro atoms. The molecule has 0 bridgehead atoms. The minimum atomic E-state index is -4.62. The zero-order chi connectivity index (χ0) is 23.1. The van der Waals surface area contributed by atoms with Crippen molar-refractivity contribution in [1.82, 2.24) is 13.9 Å². The molecule has 0 unspecified atom stereocenters. The van der Waals surface area contributed by atoms with Crippen LogP contribution in [-0.2, 0) is 22.7 Å². The number of imidazole rings is 1. The van der Waals surface area contributed by atoms with Crippen LogP contribution < -0.4 is 0 Å². The van der Waals surface area contributed by atoms with Gasteiger partial charge in [0, 0.05) is 25.7 Å². The number of fused-ring (bicyclic) bond motifs is 1. The van der Waals surface area contributed by atoms with E-state index in [-0.39, 0.29) is 36.0 Å². The summed E-state index contributed by atoms with van der Waals surface area (Å²) in [6.45, 7) is 0.175. The molecule has 2 heterocycles. The first-order chi connectivity index (χ1) is 15.1. The van der Waals surface area contributed by atoms with Gasteiger partial charge in [0.05, 0.1) is 16.0 Å². The van der Waals surface area contributed by atoms with E-state index in [1.54, 1.807) is 18.2 Å². The van der Waals surface area contributed by atoms with Crippen molar-refractivity contribution in [3.05, 3.63) is 64.5 Å². The number of benzene rings is 2. The summed E-state index contributed by atoms with van der Waals surface area (Å²) in [5.41, 5.74) is 0.111. The minimum Gasteiger partial charge on any atom is -0.320 e. The average Bonchev–Trinajstić information content (AvgIpc) is 3.13. The molecular weight excluding hydrogens is 449 g/mol. The molecule has 1 aliphatic heterocycles. The number of piperidine rings is 1. The number of para-hydroxylation sites is 3. The molecule has 0 atom stereocenters. The molecule has 8 nitrogen and oxygen atoms in total. The summed E-state index contributed by atoms with van der Waals surface area (Å²) in [7, 11) is -4.10. The van der Waals surface area contributed by atoms with E-state index in [1.807, 2.05) is 0 Å². The fourth-order valence-electron chi connectivity index (χ4n) is 4.03. The predicted molar refractivity (Wildman–Crippen MR) is 109 cm³/mol. The van der Waals surface area contributed by atoms with Crippen LogP contribution in [0.1, 0.15) is 18.7 Å². The summed E-state index contributed by atoms with van der Waals surface area (Å²) in [5, 5.41) is 11.2. The van der Waals surface area contributed by atoms with Crippen molar-refractivity contribution in [1.29, 1.82) is 0 Å². The summed E-state index contributed by atoms with van der Waals surface area (Å²) >= 11 is 0. The normalized spacial score (nSPS) is 16.5. The van der Waals surface area contributed by atoms with Crippen LogP contribution in [0.3, 0.4) is 0 Å². The Labute approximate surface area is 181 Å². The number of aromatic nitrogens is 2. The van der Waals surface area contributed by atoms with Gasteiger partial charge in [-0.2, -0.15) is 17.5 Å². The van der Waals surface area contributed by atoms with Gasteiger partial charge in [-0.25, -0.2) is 13.4 Å². The van der Waals surface area contributed by atoms with E-state index < -0.39 is 32.6 Å². The molecule has 12 heteroatoms. The summed E-state index contributed by atoms with van der Waals surface area (Å²) in [4.78, 5) is 13.8. The minimum absolute atomic E-state index is 0.0503. The molecular formula is C20H19F3N4O4S. The van der Waals surface area contributed by atoms with E-state index in [9.17, 15) is 31.7 Å². The first kappa shape index (κ1) is 22.2. The number of hydrogen-bond donors (Lipinski definition) is 0. The third-order valence-corrected chi connectivity index (χ3v) is 7.55. The molecule has 0 amide bonds. The largest absolute Gasteiger partial charge is 0.449 e. The molecule has 0 saturated carbocycles. The lowest BCUT2D eigenvalue weighted by atomic mass is 9.98. The second-order valence-electron chi connectivity index (χ2n) is 7.60. The van der Waals surface area contributed by atoms with Crippen LogP contribution in [0.4, 0.5) is 18.9 Å². The fraction of sp³-hybridized carbons (Fsp3) is 0.350. The van der Waals surface area contributed by atoms with Crippen LogP contribution in [0.2, 0.25) is 0 Å². The van der Waals surface area contributed by atoms with Gasteiger partial charge in [-0.15, -0.1) is 0 Å². The molecule has 32 heavy (non-hydrogen) atoms. The number of nitrogens with zero attached hydrogens (tertiary/aromatic N) is 4. The van der Waals surface area contributed by atoms with E-state index >= 15 is 0 Å². The maximum Gasteiger partial charge on any atom is 0.449 e. The summed E-state index contributed by atoms with van der Waals surface area (Å²) in [5.74, 6) is -1.18. The molecule has 1 fully saturated rings. The second kappa shape index (κ2) is 8.17. The number of rotatable bonds is 5.